The average Bonchev–Trinajstić information content (AvgIpc) is 3.15. The van der Waals surface area contributed by atoms with Crippen LogP contribution in [0.15, 0.2) is 0 Å². The second-order valence-corrected chi connectivity index (χ2v) is 5.34. The van der Waals surface area contributed by atoms with E-state index in [0.29, 0.717) is 24.5 Å². The van der Waals surface area contributed by atoms with E-state index in [1.54, 1.807) is 0 Å². The number of nitrogens with zero attached hydrogens (tertiary/aromatic N) is 2. The molecule has 98 valence electrons. The SMILES string of the molecule is CCNC1CCN(CC(=O)N(C)C2CC2)CC1. The van der Waals surface area contributed by atoms with E-state index in [2.05, 4.69) is 17.1 Å². The summed E-state index contributed by atoms with van der Waals surface area (Å²) in [5, 5.41) is 3.49. The van der Waals surface area contributed by atoms with Crippen LogP contribution in [0.25, 0.3) is 0 Å². The molecule has 1 saturated carbocycles. The third-order valence-corrected chi connectivity index (χ3v) is 3.93. The van der Waals surface area contributed by atoms with Gasteiger partial charge >= 0.3 is 0 Å². The van der Waals surface area contributed by atoms with Crippen molar-refractivity contribution in [1.29, 1.82) is 0 Å². The third-order valence-electron chi connectivity index (χ3n) is 3.93. The van der Waals surface area contributed by atoms with Gasteiger partial charge < -0.3 is 10.2 Å². The lowest BCUT2D eigenvalue weighted by atomic mass is 10.1. The predicted octanol–water partition coefficient (Wildman–Crippen LogP) is 0.681. The fourth-order valence-electron chi connectivity index (χ4n) is 2.55. The minimum atomic E-state index is 0.300. The van der Waals surface area contributed by atoms with Gasteiger partial charge in [-0.1, -0.05) is 6.92 Å². The molecular formula is C13H25N3O. The van der Waals surface area contributed by atoms with E-state index in [9.17, 15) is 4.79 Å². The fourth-order valence-corrected chi connectivity index (χ4v) is 2.55. The van der Waals surface area contributed by atoms with Crippen LogP contribution in [0.1, 0.15) is 32.6 Å². The van der Waals surface area contributed by atoms with Crippen LogP contribution in [0, 0.1) is 0 Å². The molecule has 2 aliphatic rings. The van der Waals surface area contributed by atoms with Crippen molar-refractivity contribution in [3.05, 3.63) is 0 Å². The molecule has 1 heterocycles. The Labute approximate surface area is 104 Å². The van der Waals surface area contributed by atoms with Gasteiger partial charge in [-0.25, -0.2) is 0 Å². The molecule has 2 fully saturated rings. The molecular weight excluding hydrogens is 214 g/mol. The van der Waals surface area contributed by atoms with Crippen LogP contribution < -0.4 is 5.32 Å². The zero-order valence-corrected chi connectivity index (χ0v) is 11.1. The first kappa shape index (κ1) is 12.8. The first-order valence-corrected chi connectivity index (χ1v) is 6.92. The van der Waals surface area contributed by atoms with Gasteiger partial charge in [0, 0.05) is 32.2 Å². The summed E-state index contributed by atoms with van der Waals surface area (Å²) in [6, 6.07) is 1.20. The van der Waals surface area contributed by atoms with E-state index in [1.807, 2.05) is 11.9 Å². The fraction of sp³-hybridized carbons (Fsp3) is 0.923. The van der Waals surface area contributed by atoms with Crippen molar-refractivity contribution in [3.63, 3.8) is 0 Å². The number of likely N-dealkylation sites (N-methyl/N-ethyl adjacent to an activating group) is 1. The number of rotatable bonds is 5. The first-order chi connectivity index (χ1) is 8.20. The lowest BCUT2D eigenvalue weighted by Gasteiger charge is -2.32. The molecule has 17 heavy (non-hydrogen) atoms. The van der Waals surface area contributed by atoms with Gasteiger partial charge in [-0.3, -0.25) is 9.69 Å². The van der Waals surface area contributed by atoms with E-state index in [0.717, 1.165) is 19.6 Å². The summed E-state index contributed by atoms with van der Waals surface area (Å²) in [4.78, 5) is 16.2. The predicted molar refractivity (Wildman–Crippen MR) is 68.9 cm³/mol. The summed E-state index contributed by atoms with van der Waals surface area (Å²) in [6.45, 7) is 5.93. The number of likely N-dealkylation sites (tertiary alicyclic amines) is 1. The number of hydrogen-bond acceptors (Lipinski definition) is 3. The van der Waals surface area contributed by atoms with E-state index in [-0.39, 0.29) is 0 Å². The lowest BCUT2D eigenvalue weighted by Crippen LogP contribution is -2.46. The molecule has 1 aliphatic carbocycles. The standard InChI is InChI=1S/C13H25N3O/c1-3-14-11-6-8-16(9-7-11)10-13(17)15(2)12-4-5-12/h11-12,14H,3-10H2,1-2H3. The van der Waals surface area contributed by atoms with E-state index in [1.165, 1.54) is 25.7 Å². The molecule has 4 nitrogen and oxygen atoms in total. The minimum absolute atomic E-state index is 0.300. The van der Waals surface area contributed by atoms with Crippen molar-refractivity contribution in [2.45, 2.75) is 44.7 Å². The van der Waals surface area contributed by atoms with Crippen LogP contribution >= 0.6 is 0 Å². The Kier molecular flexibility index (Phi) is 4.40. The number of amides is 1. The highest BCUT2D eigenvalue weighted by Gasteiger charge is 2.30. The molecule has 1 aliphatic heterocycles. The highest BCUT2D eigenvalue weighted by Crippen LogP contribution is 2.25. The van der Waals surface area contributed by atoms with Gasteiger partial charge in [0.05, 0.1) is 6.54 Å². The van der Waals surface area contributed by atoms with Crippen molar-refractivity contribution in [2.75, 3.05) is 33.2 Å². The number of piperidine rings is 1. The Morgan fingerprint density at radius 3 is 2.47 bits per heavy atom. The highest BCUT2D eigenvalue weighted by atomic mass is 16.2. The largest absolute Gasteiger partial charge is 0.342 e. The molecule has 0 atom stereocenters. The quantitative estimate of drug-likeness (QED) is 0.766. The van der Waals surface area contributed by atoms with E-state index < -0.39 is 0 Å². The normalized spacial score (nSPS) is 22.7. The molecule has 0 aromatic rings. The van der Waals surface area contributed by atoms with Gasteiger partial charge in [0.2, 0.25) is 5.91 Å². The summed E-state index contributed by atoms with van der Waals surface area (Å²) in [5.41, 5.74) is 0. The van der Waals surface area contributed by atoms with Gasteiger partial charge in [-0.2, -0.15) is 0 Å². The van der Waals surface area contributed by atoms with Crippen LogP contribution in [0.5, 0.6) is 0 Å². The molecule has 0 aromatic carbocycles. The molecule has 1 N–H and O–H groups in total. The zero-order chi connectivity index (χ0) is 12.3. The van der Waals surface area contributed by atoms with Crippen molar-refractivity contribution >= 4 is 5.91 Å². The van der Waals surface area contributed by atoms with E-state index in [4.69, 9.17) is 0 Å². The molecule has 1 amide bonds. The molecule has 0 radical (unpaired) electrons. The van der Waals surface area contributed by atoms with Gasteiger partial charge in [-0.05, 0) is 32.2 Å². The Balaban J connectivity index is 1.68. The van der Waals surface area contributed by atoms with Gasteiger partial charge in [0.15, 0.2) is 0 Å². The maximum Gasteiger partial charge on any atom is 0.236 e. The van der Waals surface area contributed by atoms with Crippen molar-refractivity contribution in [2.24, 2.45) is 0 Å². The molecule has 2 rings (SSSR count). The second-order valence-electron chi connectivity index (χ2n) is 5.34. The van der Waals surface area contributed by atoms with Crippen LogP contribution in [0.4, 0.5) is 0 Å². The minimum Gasteiger partial charge on any atom is -0.342 e. The maximum atomic E-state index is 12.0. The molecule has 0 unspecified atom stereocenters. The summed E-state index contributed by atoms with van der Waals surface area (Å²) < 4.78 is 0. The van der Waals surface area contributed by atoms with Crippen molar-refractivity contribution in [3.8, 4) is 0 Å². The number of carbonyl (C=O) groups is 1. The molecule has 0 bridgehead atoms. The van der Waals surface area contributed by atoms with Crippen LogP contribution in [0.3, 0.4) is 0 Å². The first-order valence-electron chi connectivity index (χ1n) is 6.92. The Morgan fingerprint density at radius 2 is 1.94 bits per heavy atom. The third kappa shape index (κ3) is 3.68. The highest BCUT2D eigenvalue weighted by molar-refractivity contribution is 5.78. The summed E-state index contributed by atoms with van der Waals surface area (Å²) in [5.74, 6) is 0.300. The maximum absolute atomic E-state index is 12.0. The average molecular weight is 239 g/mol. The summed E-state index contributed by atoms with van der Waals surface area (Å²) in [6.07, 6.45) is 4.75. The Morgan fingerprint density at radius 1 is 1.29 bits per heavy atom. The molecule has 0 aromatic heterocycles. The topological polar surface area (TPSA) is 35.6 Å². The Bertz CT molecular complexity index is 257. The second kappa shape index (κ2) is 5.83. The number of hydrogen-bond donors (Lipinski definition) is 1. The summed E-state index contributed by atoms with van der Waals surface area (Å²) in [7, 11) is 1.95. The van der Waals surface area contributed by atoms with Gasteiger partial charge in [-0.15, -0.1) is 0 Å². The van der Waals surface area contributed by atoms with Crippen LogP contribution in [0.2, 0.25) is 0 Å². The zero-order valence-electron chi connectivity index (χ0n) is 11.1. The molecule has 4 heteroatoms. The van der Waals surface area contributed by atoms with Crippen LogP contribution in [-0.4, -0.2) is 61.0 Å². The van der Waals surface area contributed by atoms with Gasteiger partial charge in [0.1, 0.15) is 0 Å². The van der Waals surface area contributed by atoms with Crippen molar-refractivity contribution in [1.82, 2.24) is 15.1 Å². The van der Waals surface area contributed by atoms with Crippen LogP contribution in [-0.2, 0) is 4.79 Å². The monoisotopic (exact) mass is 239 g/mol. The van der Waals surface area contributed by atoms with Crippen molar-refractivity contribution < 1.29 is 4.79 Å². The lowest BCUT2D eigenvalue weighted by molar-refractivity contribution is -0.131. The van der Waals surface area contributed by atoms with E-state index >= 15 is 0 Å². The smallest absolute Gasteiger partial charge is 0.236 e. The summed E-state index contributed by atoms with van der Waals surface area (Å²) >= 11 is 0. The number of carbonyl (C=O) groups excluding carboxylic acids is 1. The Hall–Kier alpha value is -0.610. The molecule has 1 saturated heterocycles. The van der Waals surface area contributed by atoms with Gasteiger partial charge in [0.25, 0.3) is 0 Å². The number of nitrogens with one attached hydrogen (secondary N) is 1. The molecule has 0 spiro atoms.